The summed E-state index contributed by atoms with van der Waals surface area (Å²) in [6, 6.07) is 4.53. The SMILES string of the molecule is CCc1cc2c(c(C(C)(C)C)c1)OC(CC)C2N. The van der Waals surface area contributed by atoms with Crippen molar-refractivity contribution in [1.29, 1.82) is 0 Å². The van der Waals surface area contributed by atoms with Crippen LogP contribution in [0.3, 0.4) is 0 Å². The summed E-state index contributed by atoms with van der Waals surface area (Å²) in [5.41, 5.74) is 10.3. The molecule has 1 heterocycles. The van der Waals surface area contributed by atoms with E-state index in [0.717, 1.165) is 18.6 Å². The van der Waals surface area contributed by atoms with Crippen molar-refractivity contribution in [3.63, 3.8) is 0 Å². The highest BCUT2D eigenvalue weighted by atomic mass is 16.5. The average Bonchev–Trinajstić information content (AvgIpc) is 2.64. The molecule has 0 aromatic heterocycles. The fourth-order valence-corrected chi connectivity index (χ4v) is 2.62. The Bertz CT molecular complexity index is 445. The normalized spacial score (nSPS) is 22.8. The van der Waals surface area contributed by atoms with E-state index in [1.807, 2.05) is 0 Å². The Morgan fingerprint density at radius 2 is 1.89 bits per heavy atom. The molecular weight excluding hydrogens is 222 g/mol. The molecule has 0 saturated heterocycles. The van der Waals surface area contributed by atoms with Crippen LogP contribution >= 0.6 is 0 Å². The van der Waals surface area contributed by atoms with E-state index in [2.05, 4.69) is 46.8 Å². The lowest BCUT2D eigenvalue weighted by Crippen LogP contribution is -2.24. The lowest BCUT2D eigenvalue weighted by Gasteiger charge is -2.23. The van der Waals surface area contributed by atoms with Crippen LogP contribution in [0.4, 0.5) is 0 Å². The molecule has 2 rings (SSSR count). The predicted molar refractivity (Wildman–Crippen MR) is 76.2 cm³/mol. The monoisotopic (exact) mass is 247 g/mol. The van der Waals surface area contributed by atoms with Gasteiger partial charge in [0.05, 0.1) is 6.04 Å². The number of rotatable bonds is 2. The molecule has 0 spiro atoms. The van der Waals surface area contributed by atoms with Crippen LogP contribution in [0.25, 0.3) is 0 Å². The number of benzene rings is 1. The molecule has 2 nitrogen and oxygen atoms in total. The molecule has 0 amide bonds. The van der Waals surface area contributed by atoms with Crippen LogP contribution in [0.5, 0.6) is 5.75 Å². The maximum atomic E-state index is 6.31. The Labute approximate surface area is 111 Å². The van der Waals surface area contributed by atoms with Crippen molar-refractivity contribution in [2.24, 2.45) is 5.73 Å². The van der Waals surface area contributed by atoms with Gasteiger partial charge in [0.2, 0.25) is 0 Å². The van der Waals surface area contributed by atoms with E-state index in [4.69, 9.17) is 10.5 Å². The highest BCUT2D eigenvalue weighted by Gasteiger charge is 2.35. The zero-order valence-corrected chi connectivity index (χ0v) is 12.2. The van der Waals surface area contributed by atoms with Crippen molar-refractivity contribution < 1.29 is 4.74 Å². The quantitative estimate of drug-likeness (QED) is 0.864. The van der Waals surface area contributed by atoms with Gasteiger partial charge < -0.3 is 10.5 Å². The second kappa shape index (κ2) is 4.58. The summed E-state index contributed by atoms with van der Waals surface area (Å²) in [5, 5.41) is 0. The molecule has 2 unspecified atom stereocenters. The summed E-state index contributed by atoms with van der Waals surface area (Å²) in [7, 11) is 0. The van der Waals surface area contributed by atoms with E-state index >= 15 is 0 Å². The first kappa shape index (κ1) is 13.4. The van der Waals surface area contributed by atoms with Crippen molar-refractivity contribution in [3.8, 4) is 5.75 Å². The third-order valence-corrected chi connectivity index (χ3v) is 3.82. The predicted octanol–water partition coefficient (Wildman–Crippen LogP) is 3.72. The van der Waals surface area contributed by atoms with Crippen molar-refractivity contribution >= 4 is 0 Å². The van der Waals surface area contributed by atoms with Gasteiger partial charge in [-0.2, -0.15) is 0 Å². The lowest BCUT2D eigenvalue weighted by atomic mass is 9.83. The minimum atomic E-state index is 0.0256. The van der Waals surface area contributed by atoms with Gasteiger partial charge in [0.15, 0.2) is 0 Å². The summed E-state index contributed by atoms with van der Waals surface area (Å²) in [4.78, 5) is 0. The van der Waals surface area contributed by atoms with Gasteiger partial charge in [-0.15, -0.1) is 0 Å². The van der Waals surface area contributed by atoms with Gasteiger partial charge in [-0.05, 0) is 23.8 Å². The molecule has 1 aromatic carbocycles. The summed E-state index contributed by atoms with van der Waals surface area (Å²) in [6.07, 6.45) is 2.13. The largest absolute Gasteiger partial charge is 0.488 e. The summed E-state index contributed by atoms with van der Waals surface area (Å²) >= 11 is 0. The highest BCUT2D eigenvalue weighted by Crippen LogP contribution is 2.44. The van der Waals surface area contributed by atoms with E-state index in [9.17, 15) is 0 Å². The number of aryl methyl sites for hydroxylation is 1. The maximum Gasteiger partial charge on any atom is 0.128 e. The van der Waals surface area contributed by atoms with Crippen molar-refractivity contribution in [1.82, 2.24) is 0 Å². The van der Waals surface area contributed by atoms with E-state index < -0.39 is 0 Å². The summed E-state index contributed by atoms with van der Waals surface area (Å²) < 4.78 is 6.10. The van der Waals surface area contributed by atoms with Gasteiger partial charge in [-0.1, -0.05) is 46.8 Å². The van der Waals surface area contributed by atoms with Crippen LogP contribution in [0.2, 0.25) is 0 Å². The number of hydrogen-bond donors (Lipinski definition) is 1. The first-order chi connectivity index (χ1) is 8.38. The van der Waals surface area contributed by atoms with Gasteiger partial charge in [-0.25, -0.2) is 0 Å². The maximum absolute atomic E-state index is 6.31. The van der Waals surface area contributed by atoms with E-state index in [1.165, 1.54) is 16.7 Å². The molecule has 0 radical (unpaired) electrons. The summed E-state index contributed by atoms with van der Waals surface area (Å²) in [5.74, 6) is 1.04. The number of hydrogen-bond acceptors (Lipinski definition) is 2. The third kappa shape index (κ3) is 2.14. The van der Waals surface area contributed by atoms with E-state index in [0.29, 0.717) is 0 Å². The van der Waals surface area contributed by atoms with Crippen LogP contribution in [0, 0.1) is 0 Å². The standard InChI is InChI=1S/C16H25NO/c1-6-10-8-11-14(17)13(7-2)18-15(11)12(9-10)16(3,4)5/h8-9,13-14H,6-7,17H2,1-5H3. The molecule has 18 heavy (non-hydrogen) atoms. The molecule has 1 aliphatic rings. The minimum Gasteiger partial charge on any atom is -0.488 e. The van der Waals surface area contributed by atoms with Crippen LogP contribution in [0.1, 0.15) is 63.8 Å². The van der Waals surface area contributed by atoms with Crippen molar-refractivity contribution in [2.45, 2.75) is 65.0 Å². The molecular formula is C16H25NO. The Balaban J connectivity index is 2.57. The molecule has 100 valence electrons. The topological polar surface area (TPSA) is 35.2 Å². The molecule has 1 aliphatic heterocycles. The van der Waals surface area contributed by atoms with Gasteiger partial charge >= 0.3 is 0 Å². The molecule has 2 atom stereocenters. The second-order valence-electron chi connectivity index (χ2n) is 6.26. The molecule has 1 aromatic rings. The average molecular weight is 247 g/mol. The van der Waals surface area contributed by atoms with Crippen LogP contribution < -0.4 is 10.5 Å². The van der Waals surface area contributed by atoms with Crippen LogP contribution in [-0.2, 0) is 11.8 Å². The van der Waals surface area contributed by atoms with Gasteiger partial charge in [0, 0.05) is 11.1 Å². The first-order valence-electron chi connectivity index (χ1n) is 6.98. The van der Waals surface area contributed by atoms with Gasteiger partial charge in [0.25, 0.3) is 0 Å². The highest BCUT2D eigenvalue weighted by molar-refractivity contribution is 5.52. The third-order valence-electron chi connectivity index (χ3n) is 3.82. The molecule has 2 N–H and O–H groups in total. The fraction of sp³-hybridized carbons (Fsp3) is 0.625. The van der Waals surface area contributed by atoms with Crippen LogP contribution in [-0.4, -0.2) is 6.10 Å². The Kier molecular flexibility index (Phi) is 3.41. The Morgan fingerprint density at radius 1 is 1.22 bits per heavy atom. The first-order valence-corrected chi connectivity index (χ1v) is 6.98. The smallest absolute Gasteiger partial charge is 0.128 e. The molecule has 0 bridgehead atoms. The molecule has 0 aliphatic carbocycles. The Morgan fingerprint density at radius 3 is 2.39 bits per heavy atom. The molecule has 2 heteroatoms. The molecule has 0 fully saturated rings. The fourth-order valence-electron chi connectivity index (χ4n) is 2.62. The number of nitrogens with two attached hydrogens (primary N) is 1. The van der Waals surface area contributed by atoms with Crippen LogP contribution in [0.15, 0.2) is 12.1 Å². The molecule has 0 saturated carbocycles. The van der Waals surface area contributed by atoms with Gasteiger partial charge in [-0.3, -0.25) is 0 Å². The van der Waals surface area contributed by atoms with Crippen molar-refractivity contribution in [3.05, 3.63) is 28.8 Å². The Hall–Kier alpha value is -1.02. The van der Waals surface area contributed by atoms with Gasteiger partial charge in [0.1, 0.15) is 11.9 Å². The zero-order valence-electron chi connectivity index (χ0n) is 12.2. The second-order valence-corrected chi connectivity index (χ2v) is 6.26. The number of ether oxygens (including phenoxy) is 1. The van der Waals surface area contributed by atoms with E-state index in [-0.39, 0.29) is 17.6 Å². The lowest BCUT2D eigenvalue weighted by molar-refractivity contribution is 0.199. The minimum absolute atomic E-state index is 0.0256. The summed E-state index contributed by atoms with van der Waals surface area (Å²) in [6.45, 7) is 11.0. The van der Waals surface area contributed by atoms with Crippen molar-refractivity contribution in [2.75, 3.05) is 0 Å². The number of fused-ring (bicyclic) bond motifs is 1. The van der Waals surface area contributed by atoms with E-state index in [1.54, 1.807) is 0 Å². The zero-order chi connectivity index (χ0) is 13.5.